The highest BCUT2D eigenvalue weighted by atomic mass is 16.3. The fraction of sp³-hybridized carbons (Fsp3) is 0.579. The Labute approximate surface area is 143 Å². The van der Waals surface area contributed by atoms with Gasteiger partial charge in [0.15, 0.2) is 0 Å². The number of likely N-dealkylation sites (tertiary alicyclic amines) is 2. The molecule has 2 aliphatic rings. The van der Waals surface area contributed by atoms with E-state index in [1.54, 1.807) is 4.90 Å². The first-order chi connectivity index (χ1) is 11.6. The Balaban J connectivity index is 1.44. The van der Waals surface area contributed by atoms with Crippen LogP contribution in [0.15, 0.2) is 30.3 Å². The molecule has 1 unspecified atom stereocenters. The maximum Gasteiger partial charge on any atom is 0.224 e. The van der Waals surface area contributed by atoms with Crippen molar-refractivity contribution in [1.82, 2.24) is 9.80 Å². The molecule has 1 N–H and O–H groups in total. The van der Waals surface area contributed by atoms with Crippen molar-refractivity contribution >= 4 is 11.8 Å². The van der Waals surface area contributed by atoms with Gasteiger partial charge >= 0.3 is 0 Å². The van der Waals surface area contributed by atoms with Crippen LogP contribution < -0.4 is 0 Å². The summed E-state index contributed by atoms with van der Waals surface area (Å²) in [5, 5.41) is 10.5. The van der Waals surface area contributed by atoms with Crippen molar-refractivity contribution in [2.75, 3.05) is 26.2 Å². The van der Waals surface area contributed by atoms with Gasteiger partial charge in [-0.2, -0.15) is 0 Å². The Bertz CT molecular complexity index is 567. The third-order valence-corrected chi connectivity index (χ3v) is 5.25. The van der Waals surface area contributed by atoms with Crippen LogP contribution in [0, 0.1) is 5.92 Å². The molecule has 2 heterocycles. The fourth-order valence-electron chi connectivity index (χ4n) is 3.72. The van der Waals surface area contributed by atoms with E-state index < -0.39 is 6.10 Å². The minimum absolute atomic E-state index is 0.127. The molecule has 2 aliphatic heterocycles. The average Bonchev–Trinajstić information content (AvgIpc) is 3.05. The van der Waals surface area contributed by atoms with Crippen molar-refractivity contribution in [1.29, 1.82) is 0 Å². The zero-order chi connectivity index (χ0) is 16.9. The monoisotopic (exact) mass is 330 g/mol. The molecule has 0 bridgehead atoms. The number of carbonyl (C=O) groups is 2. The molecular formula is C19H26N2O3. The fourth-order valence-corrected chi connectivity index (χ4v) is 3.72. The van der Waals surface area contributed by atoms with Crippen LogP contribution in [0.4, 0.5) is 0 Å². The lowest BCUT2D eigenvalue weighted by atomic mass is 9.87. The first kappa shape index (κ1) is 17.0. The number of piperidine rings is 1. The molecule has 1 aromatic carbocycles. The summed E-state index contributed by atoms with van der Waals surface area (Å²) in [5.41, 5.74) is 0.954. The number of aliphatic hydroxyl groups is 1. The average molecular weight is 330 g/mol. The Kier molecular flexibility index (Phi) is 5.51. The summed E-state index contributed by atoms with van der Waals surface area (Å²) in [7, 11) is 0. The molecule has 0 aliphatic carbocycles. The third kappa shape index (κ3) is 3.96. The van der Waals surface area contributed by atoms with Gasteiger partial charge in [-0.1, -0.05) is 30.3 Å². The molecule has 5 heteroatoms. The van der Waals surface area contributed by atoms with Crippen LogP contribution in [0.5, 0.6) is 0 Å². The van der Waals surface area contributed by atoms with Gasteiger partial charge in [-0.15, -0.1) is 0 Å². The lowest BCUT2D eigenvalue weighted by molar-refractivity contribution is -0.134. The zero-order valence-electron chi connectivity index (χ0n) is 14.1. The number of aliphatic hydroxyl groups excluding tert-OH is 1. The number of amides is 2. The minimum atomic E-state index is -0.453. The summed E-state index contributed by atoms with van der Waals surface area (Å²) in [4.78, 5) is 27.6. The second-order valence-electron chi connectivity index (χ2n) is 6.81. The molecule has 2 amide bonds. The second-order valence-corrected chi connectivity index (χ2v) is 6.81. The van der Waals surface area contributed by atoms with Crippen molar-refractivity contribution in [3.8, 4) is 0 Å². The number of rotatable bonds is 5. The number of benzene rings is 1. The summed E-state index contributed by atoms with van der Waals surface area (Å²) < 4.78 is 0. The van der Waals surface area contributed by atoms with Gasteiger partial charge in [-0.05, 0) is 30.7 Å². The van der Waals surface area contributed by atoms with Crippen molar-refractivity contribution in [3.63, 3.8) is 0 Å². The first-order valence-corrected chi connectivity index (χ1v) is 8.93. The van der Waals surface area contributed by atoms with Crippen LogP contribution in [0.3, 0.4) is 0 Å². The van der Waals surface area contributed by atoms with E-state index in [2.05, 4.69) is 0 Å². The van der Waals surface area contributed by atoms with Crippen LogP contribution in [0.25, 0.3) is 0 Å². The molecule has 1 atom stereocenters. The van der Waals surface area contributed by atoms with Gasteiger partial charge in [0.1, 0.15) is 0 Å². The summed E-state index contributed by atoms with van der Waals surface area (Å²) >= 11 is 0. The van der Waals surface area contributed by atoms with Gasteiger partial charge in [0.2, 0.25) is 11.8 Å². The summed E-state index contributed by atoms with van der Waals surface area (Å²) in [6, 6.07) is 9.74. The molecular weight excluding hydrogens is 304 g/mol. The molecule has 0 spiro atoms. The van der Waals surface area contributed by atoms with E-state index >= 15 is 0 Å². The normalized spacial score (nSPS) is 20.5. The molecule has 1 aromatic rings. The second kappa shape index (κ2) is 7.79. The SMILES string of the molecule is O=C1CCCN1CCC(=O)N1CCC(C(O)c2ccccc2)CC1. The van der Waals surface area contributed by atoms with Crippen molar-refractivity contribution in [2.45, 2.75) is 38.2 Å². The lowest BCUT2D eigenvalue weighted by Crippen LogP contribution is -2.41. The van der Waals surface area contributed by atoms with E-state index in [-0.39, 0.29) is 17.7 Å². The Morgan fingerprint density at radius 1 is 1.17 bits per heavy atom. The molecule has 0 aromatic heterocycles. The van der Waals surface area contributed by atoms with Crippen LogP contribution >= 0.6 is 0 Å². The van der Waals surface area contributed by atoms with Crippen LogP contribution in [0.1, 0.15) is 43.8 Å². The van der Waals surface area contributed by atoms with E-state index in [1.165, 1.54) is 0 Å². The van der Waals surface area contributed by atoms with Gasteiger partial charge < -0.3 is 14.9 Å². The summed E-state index contributed by atoms with van der Waals surface area (Å²) in [5.74, 6) is 0.506. The van der Waals surface area contributed by atoms with Gasteiger partial charge in [0.05, 0.1) is 6.10 Å². The first-order valence-electron chi connectivity index (χ1n) is 8.93. The van der Waals surface area contributed by atoms with E-state index in [9.17, 15) is 14.7 Å². The van der Waals surface area contributed by atoms with E-state index in [1.807, 2.05) is 35.2 Å². The predicted octanol–water partition coefficient (Wildman–Crippen LogP) is 1.97. The number of carbonyl (C=O) groups excluding carboxylic acids is 2. The zero-order valence-corrected chi connectivity index (χ0v) is 14.1. The molecule has 3 rings (SSSR count). The van der Waals surface area contributed by atoms with Crippen LogP contribution in [0.2, 0.25) is 0 Å². The highest BCUT2D eigenvalue weighted by Crippen LogP contribution is 2.30. The van der Waals surface area contributed by atoms with Gasteiger partial charge in [-0.25, -0.2) is 0 Å². The topological polar surface area (TPSA) is 60.9 Å². The van der Waals surface area contributed by atoms with Crippen molar-refractivity contribution in [2.24, 2.45) is 5.92 Å². The smallest absolute Gasteiger partial charge is 0.224 e. The quantitative estimate of drug-likeness (QED) is 0.898. The number of hydrogen-bond acceptors (Lipinski definition) is 3. The highest BCUT2D eigenvalue weighted by Gasteiger charge is 2.28. The molecule has 130 valence electrons. The Morgan fingerprint density at radius 3 is 2.50 bits per heavy atom. The lowest BCUT2D eigenvalue weighted by Gasteiger charge is -2.34. The maximum absolute atomic E-state index is 12.3. The largest absolute Gasteiger partial charge is 0.388 e. The molecule has 5 nitrogen and oxygen atoms in total. The summed E-state index contributed by atoms with van der Waals surface area (Å²) in [6.45, 7) is 2.73. The Hall–Kier alpha value is -1.88. The van der Waals surface area contributed by atoms with Crippen LogP contribution in [-0.2, 0) is 9.59 Å². The molecule has 2 fully saturated rings. The third-order valence-electron chi connectivity index (χ3n) is 5.25. The molecule has 0 radical (unpaired) electrons. The molecule has 2 saturated heterocycles. The minimum Gasteiger partial charge on any atom is -0.388 e. The van der Waals surface area contributed by atoms with Gasteiger partial charge in [0.25, 0.3) is 0 Å². The maximum atomic E-state index is 12.3. The van der Waals surface area contributed by atoms with E-state index in [0.717, 1.165) is 31.4 Å². The van der Waals surface area contributed by atoms with E-state index in [0.29, 0.717) is 32.5 Å². The van der Waals surface area contributed by atoms with Gasteiger partial charge in [-0.3, -0.25) is 9.59 Å². The summed E-state index contributed by atoms with van der Waals surface area (Å²) in [6.07, 6.45) is 3.14. The Morgan fingerprint density at radius 2 is 1.88 bits per heavy atom. The van der Waals surface area contributed by atoms with Crippen LogP contribution in [-0.4, -0.2) is 52.9 Å². The van der Waals surface area contributed by atoms with Gasteiger partial charge in [0, 0.05) is 39.0 Å². The molecule has 24 heavy (non-hydrogen) atoms. The number of hydrogen-bond donors (Lipinski definition) is 1. The van der Waals surface area contributed by atoms with E-state index in [4.69, 9.17) is 0 Å². The predicted molar refractivity (Wildman–Crippen MR) is 91.1 cm³/mol. The standard InChI is InChI=1S/C19H26N2O3/c22-17-7-4-11-20(17)14-10-18(23)21-12-8-16(9-13-21)19(24)15-5-2-1-3-6-15/h1-3,5-6,16,19,24H,4,7-14H2. The number of nitrogens with zero attached hydrogens (tertiary/aromatic N) is 2. The molecule has 0 saturated carbocycles. The van der Waals surface area contributed by atoms with Crippen molar-refractivity contribution in [3.05, 3.63) is 35.9 Å². The van der Waals surface area contributed by atoms with Crippen molar-refractivity contribution < 1.29 is 14.7 Å². The highest BCUT2D eigenvalue weighted by molar-refractivity contribution is 5.80.